The summed E-state index contributed by atoms with van der Waals surface area (Å²) in [4.78, 5) is 24.8. The normalized spacial score (nSPS) is 18.8. The van der Waals surface area contributed by atoms with Crippen LogP contribution in [-0.2, 0) is 14.3 Å². The standard InChI is InChI=1S/C13H23NO4/c1-10(11(15)16)9-14(2)12(17)13(5-4-6-13)7-8-18-3/h10H,4-9H2,1-3H3,(H,15,16). The van der Waals surface area contributed by atoms with Crippen LogP contribution in [0, 0.1) is 11.3 Å². The van der Waals surface area contributed by atoms with Crippen LogP contribution in [0.2, 0.25) is 0 Å². The van der Waals surface area contributed by atoms with Crippen molar-refractivity contribution in [2.75, 3.05) is 27.3 Å². The Bertz CT molecular complexity index is 312. The maximum atomic E-state index is 12.4. The number of methoxy groups -OCH3 is 1. The van der Waals surface area contributed by atoms with Crippen molar-refractivity contribution in [3.05, 3.63) is 0 Å². The van der Waals surface area contributed by atoms with Crippen LogP contribution in [0.15, 0.2) is 0 Å². The molecule has 1 saturated carbocycles. The van der Waals surface area contributed by atoms with Crippen molar-refractivity contribution in [2.45, 2.75) is 32.6 Å². The van der Waals surface area contributed by atoms with Gasteiger partial charge in [0, 0.05) is 27.3 Å². The molecule has 5 nitrogen and oxygen atoms in total. The maximum absolute atomic E-state index is 12.4. The Labute approximate surface area is 108 Å². The predicted molar refractivity (Wildman–Crippen MR) is 67.2 cm³/mol. The van der Waals surface area contributed by atoms with E-state index in [0.29, 0.717) is 6.61 Å². The summed E-state index contributed by atoms with van der Waals surface area (Å²) in [5, 5.41) is 8.87. The van der Waals surface area contributed by atoms with Crippen molar-refractivity contribution in [3.8, 4) is 0 Å². The molecule has 1 N–H and O–H groups in total. The quantitative estimate of drug-likeness (QED) is 0.748. The Morgan fingerprint density at radius 2 is 2.06 bits per heavy atom. The zero-order valence-corrected chi connectivity index (χ0v) is 11.4. The monoisotopic (exact) mass is 257 g/mol. The summed E-state index contributed by atoms with van der Waals surface area (Å²) in [5.41, 5.74) is -0.303. The molecule has 1 aliphatic rings. The third-order valence-electron chi connectivity index (χ3n) is 3.87. The van der Waals surface area contributed by atoms with Gasteiger partial charge in [0.05, 0.1) is 11.3 Å². The highest BCUT2D eigenvalue weighted by molar-refractivity contribution is 5.84. The first-order chi connectivity index (χ1) is 8.43. The summed E-state index contributed by atoms with van der Waals surface area (Å²) in [6.07, 6.45) is 3.58. The Morgan fingerprint density at radius 3 is 2.44 bits per heavy atom. The van der Waals surface area contributed by atoms with E-state index in [2.05, 4.69) is 0 Å². The van der Waals surface area contributed by atoms with Gasteiger partial charge in [-0.25, -0.2) is 0 Å². The second-order valence-electron chi connectivity index (χ2n) is 5.30. The van der Waals surface area contributed by atoms with E-state index in [1.807, 2.05) is 0 Å². The second-order valence-corrected chi connectivity index (χ2v) is 5.30. The Kier molecular flexibility index (Phi) is 5.14. The molecule has 0 aromatic heterocycles. The van der Waals surface area contributed by atoms with Gasteiger partial charge >= 0.3 is 5.97 Å². The molecule has 1 aliphatic carbocycles. The molecule has 1 rings (SSSR count). The molecule has 0 aromatic carbocycles. The smallest absolute Gasteiger partial charge is 0.308 e. The minimum Gasteiger partial charge on any atom is -0.481 e. The van der Waals surface area contributed by atoms with Gasteiger partial charge in [0.1, 0.15) is 0 Å². The molecule has 0 aliphatic heterocycles. The Morgan fingerprint density at radius 1 is 1.44 bits per heavy atom. The SMILES string of the molecule is COCCC1(C(=O)N(C)CC(C)C(=O)O)CCC1. The summed E-state index contributed by atoms with van der Waals surface area (Å²) in [5.74, 6) is -1.33. The molecular weight excluding hydrogens is 234 g/mol. The molecule has 0 aromatic rings. The van der Waals surface area contributed by atoms with Gasteiger partial charge in [-0.05, 0) is 19.3 Å². The van der Waals surface area contributed by atoms with Gasteiger partial charge in [0.25, 0.3) is 0 Å². The van der Waals surface area contributed by atoms with Gasteiger partial charge < -0.3 is 14.7 Å². The third kappa shape index (κ3) is 3.22. The number of carbonyl (C=O) groups excluding carboxylic acids is 1. The van der Waals surface area contributed by atoms with Crippen LogP contribution in [0.1, 0.15) is 32.6 Å². The Balaban J connectivity index is 2.58. The zero-order chi connectivity index (χ0) is 13.8. The Hall–Kier alpha value is -1.10. The first kappa shape index (κ1) is 15.0. The number of ether oxygens (including phenoxy) is 1. The highest BCUT2D eigenvalue weighted by atomic mass is 16.5. The molecule has 1 fully saturated rings. The van der Waals surface area contributed by atoms with E-state index in [4.69, 9.17) is 9.84 Å². The molecule has 1 atom stereocenters. The summed E-state index contributed by atoms with van der Waals surface area (Å²) >= 11 is 0. The van der Waals surface area contributed by atoms with Gasteiger partial charge in [-0.1, -0.05) is 13.3 Å². The zero-order valence-electron chi connectivity index (χ0n) is 11.4. The fourth-order valence-electron chi connectivity index (χ4n) is 2.45. The lowest BCUT2D eigenvalue weighted by Crippen LogP contribution is -2.48. The number of hydrogen-bond acceptors (Lipinski definition) is 3. The van der Waals surface area contributed by atoms with Crippen LogP contribution in [0.25, 0.3) is 0 Å². The van der Waals surface area contributed by atoms with Crippen molar-refractivity contribution in [3.63, 3.8) is 0 Å². The fraction of sp³-hybridized carbons (Fsp3) is 0.846. The number of carbonyl (C=O) groups is 2. The van der Waals surface area contributed by atoms with Gasteiger partial charge in [0.15, 0.2) is 0 Å². The number of nitrogens with zero attached hydrogens (tertiary/aromatic N) is 1. The third-order valence-corrected chi connectivity index (χ3v) is 3.87. The average Bonchev–Trinajstić information content (AvgIpc) is 2.27. The van der Waals surface area contributed by atoms with Crippen LogP contribution in [0.5, 0.6) is 0 Å². The molecule has 0 saturated heterocycles. The van der Waals surface area contributed by atoms with Crippen molar-refractivity contribution in [1.82, 2.24) is 4.90 Å². The molecule has 0 bridgehead atoms. The van der Waals surface area contributed by atoms with Crippen LogP contribution in [-0.4, -0.2) is 49.2 Å². The topological polar surface area (TPSA) is 66.8 Å². The van der Waals surface area contributed by atoms with Crippen LogP contribution >= 0.6 is 0 Å². The number of rotatable bonds is 7. The fourth-order valence-corrected chi connectivity index (χ4v) is 2.45. The molecular formula is C13H23NO4. The molecule has 0 spiro atoms. The van der Waals surface area contributed by atoms with Gasteiger partial charge in [-0.2, -0.15) is 0 Å². The minimum atomic E-state index is -0.866. The van der Waals surface area contributed by atoms with E-state index < -0.39 is 11.9 Å². The van der Waals surface area contributed by atoms with E-state index in [1.165, 1.54) is 0 Å². The number of amides is 1. The van der Waals surface area contributed by atoms with Crippen LogP contribution in [0.3, 0.4) is 0 Å². The summed E-state index contributed by atoms with van der Waals surface area (Å²) < 4.78 is 5.06. The first-order valence-corrected chi connectivity index (χ1v) is 6.40. The highest BCUT2D eigenvalue weighted by Gasteiger charge is 2.45. The molecule has 0 radical (unpaired) electrons. The lowest BCUT2D eigenvalue weighted by molar-refractivity contribution is -0.150. The number of carboxylic acids is 1. The van der Waals surface area contributed by atoms with Crippen molar-refractivity contribution in [2.24, 2.45) is 11.3 Å². The van der Waals surface area contributed by atoms with Crippen LogP contribution < -0.4 is 0 Å². The number of aliphatic carboxylic acids is 1. The molecule has 1 unspecified atom stereocenters. The van der Waals surface area contributed by atoms with Crippen LogP contribution in [0.4, 0.5) is 0 Å². The second kappa shape index (κ2) is 6.18. The van der Waals surface area contributed by atoms with Crippen molar-refractivity contribution >= 4 is 11.9 Å². The highest BCUT2D eigenvalue weighted by Crippen LogP contribution is 2.45. The predicted octanol–water partition coefficient (Wildman–Crippen LogP) is 1.37. The van der Waals surface area contributed by atoms with Gasteiger partial charge in [-0.15, -0.1) is 0 Å². The van der Waals surface area contributed by atoms with Crippen molar-refractivity contribution in [1.29, 1.82) is 0 Å². The maximum Gasteiger partial charge on any atom is 0.308 e. The molecule has 1 amide bonds. The lowest BCUT2D eigenvalue weighted by Gasteiger charge is -2.43. The van der Waals surface area contributed by atoms with Crippen molar-refractivity contribution < 1.29 is 19.4 Å². The summed E-state index contributed by atoms with van der Waals surface area (Å²) in [6, 6.07) is 0. The number of hydrogen-bond donors (Lipinski definition) is 1. The molecule has 5 heteroatoms. The van der Waals surface area contributed by atoms with E-state index in [0.717, 1.165) is 25.7 Å². The average molecular weight is 257 g/mol. The minimum absolute atomic E-state index is 0.0684. The summed E-state index contributed by atoms with van der Waals surface area (Å²) in [7, 11) is 3.32. The van der Waals surface area contributed by atoms with E-state index >= 15 is 0 Å². The molecule has 18 heavy (non-hydrogen) atoms. The number of carboxylic acid groups (broad SMARTS) is 1. The van der Waals surface area contributed by atoms with E-state index in [1.54, 1.807) is 26.0 Å². The first-order valence-electron chi connectivity index (χ1n) is 6.40. The van der Waals surface area contributed by atoms with Gasteiger partial charge in [-0.3, -0.25) is 9.59 Å². The van der Waals surface area contributed by atoms with Gasteiger partial charge in [0.2, 0.25) is 5.91 Å². The summed E-state index contributed by atoms with van der Waals surface area (Å²) in [6.45, 7) is 2.46. The largest absolute Gasteiger partial charge is 0.481 e. The lowest BCUT2D eigenvalue weighted by atomic mass is 9.66. The van der Waals surface area contributed by atoms with E-state index in [9.17, 15) is 9.59 Å². The van der Waals surface area contributed by atoms with E-state index in [-0.39, 0.29) is 17.9 Å². The molecule has 0 heterocycles. The molecule has 104 valence electrons.